The van der Waals surface area contributed by atoms with E-state index in [0.717, 1.165) is 17.9 Å². The van der Waals surface area contributed by atoms with E-state index in [1.54, 1.807) is 13.2 Å². The lowest BCUT2D eigenvalue weighted by atomic mass is 10.3. The highest BCUT2D eigenvalue weighted by molar-refractivity contribution is 5.90. The number of carbonyl (C=O) groups is 1. The quantitative estimate of drug-likeness (QED) is 0.686. The van der Waals surface area contributed by atoms with Gasteiger partial charge in [0, 0.05) is 44.9 Å². The first-order valence-corrected chi connectivity index (χ1v) is 5.98. The number of carbonyl (C=O) groups excluding carboxylic acids is 1. The molecule has 5 nitrogen and oxygen atoms in total. The summed E-state index contributed by atoms with van der Waals surface area (Å²) < 4.78 is 10.5. The first kappa shape index (κ1) is 14.5. The summed E-state index contributed by atoms with van der Waals surface area (Å²) in [4.78, 5) is 11.4. The first-order chi connectivity index (χ1) is 8.76. The number of methoxy groups -OCH3 is 1. The lowest BCUT2D eigenvalue weighted by Crippen LogP contribution is -2.16. The number of anilines is 1. The van der Waals surface area contributed by atoms with E-state index in [1.165, 1.54) is 0 Å². The first-order valence-electron chi connectivity index (χ1n) is 5.98. The Kier molecular flexibility index (Phi) is 6.83. The summed E-state index contributed by atoms with van der Waals surface area (Å²) in [5, 5.41) is 2.76. The highest BCUT2D eigenvalue weighted by atomic mass is 16.5. The highest BCUT2D eigenvalue weighted by Crippen LogP contribution is 2.17. The maximum Gasteiger partial charge on any atom is 0.225 e. The van der Waals surface area contributed by atoms with Gasteiger partial charge in [0.05, 0.1) is 6.61 Å². The summed E-state index contributed by atoms with van der Waals surface area (Å²) in [6, 6.07) is 7.30. The van der Waals surface area contributed by atoms with Crippen LogP contribution in [0.3, 0.4) is 0 Å². The van der Waals surface area contributed by atoms with Crippen LogP contribution in [0.5, 0.6) is 5.75 Å². The standard InChI is InChI=1S/C13H20N2O3/c1-17-8-3-9-18-12-5-2-4-11(10-12)15-13(16)6-7-14/h2,4-5,10H,3,6-9,14H2,1H3,(H,15,16). The van der Waals surface area contributed by atoms with E-state index >= 15 is 0 Å². The zero-order valence-electron chi connectivity index (χ0n) is 10.6. The number of rotatable bonds is 8. The molecule has 0 fully saturated rings. The Morgan fingerprint density at radius 3 is 2.94 bits per heavy atom. The predicted octanol–water partition coefficient (Wildman–Crippen LogP) is 1.39. The molecule has 1 amide bonds. The molecule has 1 rings (SSSR count). The largest absolute Gasteiger partial charge is 0.493 e. The summed E-state index contributed by atoms with van der Waals surface area (Å²) in [6.45, 7) is 1.61. The molecule has 0 saturated heterocycles. The fourth-order valence-corrected chi connectivity index (χ4v) is 1.41. The minimum absolute atomic E-state index is 0.0889. The van der Waals surface area contributed by atoms with Crippen LogP contribution in [0.15, 0.2) is 24.3 Å². The van der Waals surface area contributed by atoms with Gasteiger partial charge in [0.2, 0.25) is 5.91 Å². The van der Waals surface area contributed by atoms with Gasteiger partial charge < -0.3 is 20.5 Å². The lowest BCUT2D eigenvalue weighted by molar-refractivity contribution is -0.116. The molecule has 1 aromatic rings. The fraction of sp³-hybridized carbons (Fsp3) is 0.462. The van der Waals surface area contributed by atoms with Gasteiger partial charge in [-0.3, -0.25) is 4.79 Å². The highest BCUT2D eigenvalue weighted by Gasteiger charge is 2.02. The lowest BCUT2D eigenvalue weighted by Gasteiger charge is -2.08. The van der Waals surface area contributed by atoms with Crippen molar-refractivity contribution in [1.29, 1.82) is 0 Å². The number of benzene rings is 1. The normalized spacial score (nSPS) is 10.1. The van der Waals surface area contributed by atoms with Gasteiger partial charge in [0.1, 0.15) is 5.75 Å². The molecule has 100 valence electrons. The van der Waals surface area contributed by atoms with Crippen molar-refractivity contribution in [2.75, 3.05) is 32.2 Å². The van der Waals surface area contributed by atoms with Gasteiger partial charge >= 0.3 is 0 Å². The van der Waals surface area contributed by atoms with Crippen molar-refractivity contribution in [2.45, 2.75) is 12.8 Å². The smallest absolute Gasteiger partial charge is 0.225 e. The molecular formula is C13H20N2O3. The molecule has 18 heavy (non-hydrogen) atoms. The third kappa shape index (κ3) is 5.65. The summed E-state index contributed by atoms with van der Waals surface area (Å²) in [6.07, 6.45) is 1.15. The zero-order chi connectivity index (χ0) is 13.2. The van der Waals surface area contributed by atoms with Crippen LogP contribution < -0.4 is 15.8 Å². The van der Waals surface area contributed by atoms with Crippen LogP contribution in [0.1, 0.15) is 12.8 Å². The molecule has 0 aliphatic carbocycles. The second-order valence-electron chi connectivity index (χ2n) is 3.81. The Balaban J connectivity index is 2.43. The minimum atomic E-state index is -0.0889. The molecule has 0 bridgehead atoms. The van der Waals surface area contributed by atoms with E-state index < -0.39 is 0 Å². The van der Waals surface area contributed by atoms with Crippen LogP contribution in [0.4, 0.5) is 5.69 Å². The van der Waals surface area contributed by atoms with Crippen molar-refractivity contribution in [3.8, 4) is 5.75 Å². The number of nitrogens with two attached hydrogens (primary N) is 1. The van der Waals surface area contributed by atoms with Gasteiger partial charge in [-0.05, 0) is 12.1 Å². The van der Waals surface area contributed by atoms with Gasteiger partial charge in [-0.15, -0.1) is 0 Å². The molecule has 0 unspecified atom stereocenters. The molecule has 0 atom stereocenters. The monoisotopic (exact) mass is 252 g/mol. The molecular weight excluding hydrogens is 232 g/mol. The molecule has 0 saturated carbocycles. The molecule has 0 aliphatic rings. The molecule has 0 aromatic heterocycles. The van der Waals surface area contributed by atoms with Crippen LogP contribution in [0.2, 0.25) is 0 Å². The zero-order valence-corrected chi connectivity index (χ0v) is 10.6. The van der Waals surface area contributed by atoms with Crippen molar-refractivity contribution in [2.24, 2.45) is 5.73 Å². The summed E-state index contributed by atoms with van der Waals surface area (Å²) in [5.74, 6) is 0.644. The topological polar surface area (TPSA) is 73.6 Å². The van der Waals surface area contributed by atoms with Crippen LogP contribution in [-0.2, 0) is 9.53 Å². The van der Waals surface area contributed by atoms with Crippen molar-refractivity contribution >= 4 is 11.6 Å². The number of hydrogen-bond donors (Lipinski definition) is 2. The minimum Gasteiger partial charge on any atom is -0.493 e. The maximum atomic E-state index is 11.4. The van der Waals surface area contributed by atoms with Gasteiger partial charge in [-0.1, -0.05) is 6.07 Å². The second kappa shape index (κ2) is 8.49. The number of amides is 1. The molecule has 0 radical (unpaired) electrons. The molecule has 0 spiro atoms. The number of ether oxygens (including phenoxy) is 2. The molecule has 0 heterocycles. The Morgan fingerprint density at radius 1 is 1.39 bits per heavy atom. The van der Waals surface area contributed by atoms with E-state index in [1.807, 2.05) is 18.2 Å². The van der Waals surface area contributed by atoms with Gasteiger partial charge in [-0.25, -0.2) is 0 Å². The summed E-state index contributed by atoms with van der Waals surface area (Å²) in [5.41, 5.74) is 6.03. The SMILES string of the molecule is COCCCOc1cccc(NC(=O)CCN)c1. The summed E-state index contributed by atoms with van der Waals surface area (Å²) in [7, 11) is 1.66. The molecule has 5 heteroatoms. The third-order valence-electron chi connectivity index (χ3n) is 2.25. The van der Waals surface area contributed by atoms with E-state index in [9.17, 15) is 4.79 Å². The average molecular weight is 252 g/mol. The van der Waals surface area contributed by atoms with Crippen LogP contribution in [0, 0.1) is 0 Å². The van der Waals surface area contributed by atoms with E-state index in [2.05, 4.69) is 5.32 Å². The number of nitrogens with one attached hydrogen (secondary N) is 1. The third-order valence-corrected chi connectivity index (χ3v) is 2.25. The van der Waals surface area contributed by atoms with Crippen LogP contribution >= 0.6 is 0 Å². The molecule has 0 aliphatic heterocycles. The summed E-state index contributed by atoms with van der Waals surface area (Å²) >= 11 is 0. The van der Waals surface area contributed by atoms with Crippen molar-refractivity contribution in [1.82, 2.24) is 0 Å². The van der Waals surface area contributed by atoms with E-state index in [4.69, 9.17) is 15.2 Å². The molecule has 3 N–H and O–H groups in total. The number of hydrogen-bond acceptors (Lipinski definition) is 4. The predicted molar refractivity (Wildman–Crippen MR) is 70.7 cm³/mol. The Bertz CT molecular complexity index is 369. The Hall–Kier alpha value is -1.59. The van der Waals surface area contributed by atoms with Gasteiger partial charge in [-0.2, -0.15) is 0 Å². The van der Waals surface area contributed by atoms with Gasteiger partial charge in [0.15, 0.2) is 0 Å². The Morgan fingerprint density at radius 2 is 2.22 bits per heavy atom. The molecule has 1 aromatic carbocycles. The second-order valence-corrected chi connectivity index (χ2v) is 3.81. The fourth-order valence-electron chi connectivity index (χ4n) is 1.41. The van der Waals surface area contributed by atoms with Crippen molar-refractivity contribution in [3.05, 3.63) is 24.3 Å². The van der Waals surface area contributed by atoms with Gasteiger partial charge in [0.25, 0.3) is 0 Å². The average Bonchev–Trinajstić information content (AvgIpc) is 2.35. The van der Waals surface area contributed by atoms with E-state index in [-0.39, 0.29) is 5.91 Å². The van der Waals surface area contributed by atoms with E-state index in [0.29, 0.717) is 26.2 Å². The van der Waals surface area contributed by atoms with Crippen molar-refractivity contribution < 1.29 is 14.3 Å². The van der Waals surface area contributed by atoms with Crippen LogP contribution in [-0.4, -0.2) is 32.8 Å². The van der Waals surface area contributed by atoms with Crippen molar-refractivity contribution in [3.63, 3.8) is 0 Å². The van der Waals surface area contributed by atoms with Crippen LogP contribution in [0.25, 0.3) is 0 Å². The Labute approximate surface area is 107 Å². The maximum absolute atomic E-state index is 11.4.